The molecule has 0 aliphatic carbocycles. The smallest absolute Gasteiger partial charge is 0.223 e. The monoisotopic (exact) mass is 442 g/mol. The molecule has 0 saturated carbocycles. The minimum Gasteiger partial charge on any atom is -0.343 e. The van der Waals surface area contributed by atoms with Crippen LogP contribution in [0.4, 0.5) is 4.39 Å². The zero-order chi connectivity index (χ0) is 23.5. The van der Waals surface area contributed by atoms with Crippen LogP contribution in [0.2, 0.25) is 0 Å². The molecule has 5 nitrogen and oxygen atoms in total. The van der Waals surface area contributed by atoms with E-state index in [0.29, 0.717) is 18.8 Å². The highest BCUT2D eigenvalue weighted by molar-refractivity contribution is 5.76. The van der Waals surface area contributed by atoms with Crippen molar-refractivity contribution >= 4 is 5.91 Å². The van der Waals surface area contributed by atoms with E-state index < -0.39 is 0 Å². The number of carbonyl (C=O) groups excluding carboxylic acids is 1. The summed E-state index contributed by atoms with van der Waals surface area (Å²) >= 11 is 0. The van der Waals surface area contributed by atoms with E-state index in [-0.39, 0.29) is 23.2 Å². The van der Waals surface area contributed by atoms with Crippen molar-refractivity contribution in [2.24, 2.45) is 18.4 Å². The number of hydrogen-bond acceptors (Lipinski definition) is 3. The van der Waals surface area contributed by atoms with Gasteiger partial charge in [0.1, 0.15) is 5.82 Å². The number of piperidine rings is 1. The van der Waals surface area contributed by atoms with Crippen LogP contribution in [0.1, 0.15) is 56.9 Å². The third-order valence-corrected chi connectivity index (χ3v) is 6.61. The maximum Gasteiger partial charge on any atom is 0.223 e. The molecule has 1 aromatic carbocycles. The molecular formula is C26H39FN4O. The molecular weight excluding hydrogens is 403 g/mol. The molecule has 1 saturated heterocycles. The molecule has 3 rings (SSSR count). The lowest BCUT2D eigenvalue weighted by Gasteiger charge is -2.40. The van der Waals surface area contributed by atoms with Gasteiger partial charge in [-0.1, -0.05) is 39.0 Å². The molecule has 176 valence electrons. The van der Waals surface area contributed by atoms with Gasteiger partial charge in [0.05, 0.1) is 5.69 Å². The molecule has 0 bridgehead atoms. The first-order valence-electron chi connectivity index (χ1n) is 11.7. The number of aryl methyl sites for hydroxylation is 2. The van der Waals surface area contributed by atoms with Gasteiger partial charge in [-0.15, -0.1) is 0 Å². The molecule has 1 aromatic heterocycles. The minimum absolute atomic E-state index is 0.00308. The average molecular weight is 443 g/mol. The first-order valence-corrected chi connectivity index (χ1v) is 11.7. The van der Waals surface area contributed by atoms with Gasteiger partial charge in [-0.3, -0.25) is 14.4 Å². The lowest BCUT2D eigenvalue weighted by molar-refractivity contribution is -0.134. The Morgan fingerprint density at radius 1 is 1.22 bits per heavy atom. The lowest BCUT2D eigenvalue weighted by Crippen LogP contribution is -2.47. The van der Waals surface area contributed by atoms with Crippen molar-refractivity contribution in [2.45, 2.75) is 66.0 Å². The van der Waals surface area contributed by atoms with E-state index in [2.05, 4.69) is 44.0 Å². The van der Waals surface area contributed by atoms with Crippen LogP contribution in [-0.2, 0) is 24.8 Å². The Morgan fingerprint density at radius 3 is 2.44 bits per heavy atom. The Hall–Kier alpha value is -2.21. The maximum atomic E-state index is 14.5. The van der Waals surface area contributed by atoms with Gasteiger partial charge in [-0.05, 0) is 56.2 Å². The Kier molecular flexibility index (Phi) is 7.75. The van der Waals surface area contributed by atoms with Crippen molar-refractivity contribution in [3.63, 3.8) is 0 Å². The van der Waals surface area contributed by atoms with Crippen molar-refractivity contribution in [3.8, 4) is 0 Å². The van der Waals surface area contributed by atoms with Crippen LogP contribution in [0.25, 0.3) is 0 Å². The summed E-state index contributed by atoms with van der Waals surface area (Å²) in [6.45, 7) is 10.7. The number of halogens is 1. The molecule has 0 N–H and O–H groups in total. The normalized spacial score (nSPS) is 16.6. The fourth-order valence-corrected chi connectivity index (χ4v) is 4.86. The van der Waals surface area contributed by atoms with Gasteiger partial charge in [0.25, 0.3) is 0 Å². The molecule has 1 aliphatic rings. The van der Waals surface area contributed by atoms with Crippen molar-refractivity contribution in [1.82, 2.24) is 19.6 Å². The molecule has 1 amide bonds. The number of likely N-dealkylation sites (N-methyl/N-ethyl adjacent to an activating group) is 1. The van der Waals surface area contributed by atoms with Crippen LogP contribution in [0.3, 0.4) is 0 Å². The lowest BCUT2D eigenvalue weighted by atomic mass is 9.84. The number of hydrogen-bond donors (Lipinski definition) is 0. The van der Waals surface area contributed by atoms with Crippen LogP contribution in [-0.4, -0.2) is 51.7 Å². The number of aromatic nitrogens is 2. The zero-order valence-corrected chi connectivity index (χ0v) is 20.6. The highest BCUT2D eigenvalue weighted by Gasteiger charge is 2.32. The number of likely N-dealkylation sites (tertiary alicyclic amines) is 1. The number of carbonyl (C=O) groups is 1. The molecule has 1 atom stereocenters. The summed E-state index contributed by atoms with van der Waals surface area (Å²) in [7, 11) is 4.08. The van der Waals surface area contributed by atoms with E-state index in [4.69, 9.17) is 0 Å². The predicted octanol–water partition coefficient (Wildman–Crippen LogP) is 4.59. The zero-order valence-electron chi connectivity index (χ0n) is 20.6. The Bertz CT molecular complexity index is 909. The van der Waals surface area contributed by atoms with E-state index in [1.165, 1.54) is 5.56 Å². The number of benzene rings is 1. The van der Waals surface area contributed by atoms with Gasteiger partial charge in [-0.25, -0.2) is 4.39 Å². The Labute approximate surface area is 192 Å². The van der Waals surface area contributed by atoms with Crippen molar-refractivity contribution in [2.75, 3.05) is 20.1 Å². The van der Waals surface area contributed by atoms with E-state index in [1.807, 2.05) is 35.7 Å². The largest absolute Gasteiger partial charge is 0.343 e. The van der Waals surface area contributed by atoms with E-state index in [0.717, 1.165) is 43.7 Å². The Balaban J connectivity index is 1.73. The fraction of sp³-hybridized carbons (Fsp3) is 0.615. The molecule has 32 heavy (non-hydrogen) atoms. The van der Waals surface area contributed by atoms with E-state index in [1.54, 1.807) is 12.1 Å². The molecule has 1 aliphatic heterocycles. The molecule has 1 fully saturated rings. The van der Waals surface area contributed by atoms with E-state index in [9.17, 15) is 9.18 Å². The maximum absolute atomic E-state index is 14.5. The summed E-state index contributed by atoms with van der Waals surface area (Å²) in [5, 5.41) is 4.48. The highest BCUT2D eigenvalue weighted by Crippen LogP contribution is 2.29. The average Bonchev–Trinajstić information content (AvgIpc) is 3.02. The van der Waals surface area contributed by atoms with Crippen LogP contribution in [0, 0.1) is 24.1 Å². The summed E-state index contributed by atoms with van der Waals surface area (Å²) < 4.78 is 16.4. The Morgan fingerprint density at radius 2 is 1.88 bits per heavy atom. The van der Waals surface area contributed by atoms with Crippen LogP contribution >= 0.6 is 0 Å². The SMILES string of the molecule is Cc1nn(C)cc1CN(C)C(Cc1ccccc1F)C1CCN(C(=O)CC(C)(C)C)CC1. The second kappa shape index (κ2) is 10.2. The number of nitrogens with zero attached hydrogens (tertiary/aromatic N) is 4. The fourth-order valence-electron chi connectivity index (χ4n) is 4.86. The number of rotatable bonds is 7. The van der Waals surface area contributed by atoms with E-state index >= 15 is 0 Å². The van der Waals surface area contributed by atoms with Crippen molar-refractivity contribution < 1.29 is 9.18 Å². The van der Waals surface area contributed by atoms with Crippen molar-refractivity contribution in [3.05, 3.63) is 53.1 Å². The summed E-state index contributed by atoms with van der Waals surface area (Å²) in [4.78, 5) is 17.1. The summed E-state index contributed by atoms with van der Waals surface area (Å²) in [6.07, 6.45) is 5.22. The highest BCUT2D eigenvalue weighted by atomic mass is 19.1. The van der Waals surface area contributed by atoms with Gasteiger partial charge < -0.3 is 4.90 Å². The third-order valence-electron chi connectivity index (χ3n) is 6.61. The van der Waals surface area contributed by atoms with Gasteiger partial charge >= 0.3 is 0 Å². The molecule has 2 aromatic rings. The predicted molar refractivity (Wildman–Crippen MR) is 127 cm³/mol. The quantitative estimate of drug-likeness (QED) is 0.630. The standard InChI is InChI=1S/C26H39FN4O/c1-19-22(18-30(6)28-19)17-29(5)24(15-21-9-7-8-10-23(21)27)20-11-13-31(14-12-20)25(32)16-26(2,3)4/h7-10,18,20,24H,11-17H2,1-6H3. The molecule has 6 heteroatoms. The first-order chi connectivity index (χ1) is 15.0. The summed E-state index contributed by atoms with van der Waals surface area (Å²) in [6, 6.07) is 7.30. The first kappa shape index (κ1) is 24.4. The van der Waals surface area contributed by atoms with Gasteiger partial charge in [0, 0.05) is 50.9 Å². The van der Waals surface area contributed by atoms with Crippen LogP contribution in [0.5, 0.6) is 0 Å². The topological polar surface area (TPSA) is 41.4 Å². The number of amides is 1. The third kappa shape index (κ3) is 6.41. The molecule has 1 unspecified atom stereocenters. The van der Waals surface area contributed by atoms with Gasteiger partial charge in [-0.2, -0.15) is 5.10 Å². The summed E-state index contributed by atoms with van der Waals surface area (Å²) in [5.74, 6) is 0.525. The van der Waals surface area contributed by atoms with Crippen LogP contribution < -0.4 is 0 Å². The second-order valence-electron chi connectivity index (χ2n) is 10.6. The van der Waals surface area contributed by atoms with Gasteiger partial charge in [0.2, 0.25) is 5.91 Å². The molecule has 0 spiro atoms. The van der Waals surface area contributed by atoms with Gasteiger partial charge in [0.15, 0.2) is 0 Å². The molecule has 2 heterocycles. The molecule has 0 radical (unpaired) electrons. The van der Waals surface area contributed by atoms with Crippen molar-refractivity contribution in [1.29, 1.82) is 0 Å². The minimum atomic E-state index is -0.138. The summed E-state index contributed by atoms with van der Waals surface area (Å²) in [5.41, 5.74) is 3.00. The van der Waals surface area contributed by atoms with Crippen LogP contribution in [0.15, 0.2) is 30.5 Å². The second-order valence-corrected chi connectivity index (χ2v) is 10.6.